The molecule has 3 heteroatoms. The van der Waals surface area contributed by atoms with Crippen molar-refractivity contribution in [3.63, 3.8) is 0 Å². The molecule has 0 radical (unpaired) electrons. The molecule has 130 valence electrons. The second-order valence-corrected chi connectivity index (χ2v) is 8.21. The summed E-state index contributed by atoms with van der Waals surface area (Å²) in [6.07, 6.45) is 9.01. The molecule has 0 heterocycles. The van der Waals surface area contributed by atoms with E-state index in [1.165, 1.54) is 25.7 Å². The molecule has 0 aliphatic heterocycles. The summed E-state index contributed by atoms with van der Waals surface area (Å²) >= 11 is 0. The highest BCUT2D eigenvalue weighted by Crippen LogP contribution is 2.63. The van der Waals surface area contributed by atoms with Gasteiger partial charge in [-0.3, -0.25) is 0 Å². The van der Waals surface area contributed by atoms with Crippen molar-refractivity contribution in [2.75, 3.05) is 6.61 Å². The largest absolute Gasteiger partial charge is 0.455 e. The fraction of sp³-hybridized carbons (Fsp3) is 0.850. The van der Waals surface area contributed by atoms with Crippen LogP contribution in [0.2, 0.25) is 0 Å². The molecule has 4 bridgehead atoms. The summed E-state index contributed by atoms with van der Waals surface area (Å²) in [5, 5.41) is 0. The third-order valence-corrected chi connectivity index (χ3v) is 6.61. The van der Waals surface area contributed by atoms with Crippen molar-refractivity contribution < 1.29 is 14.3 Å². The Bertz CT molecular complexity index is 465. The zero-order valence-corrected chi connectivity index (χ0v) is 15.0. The van der Waals surface area contributed by atoms with Crippen molar-refractivity contribution in [3.05, 3.63) is 12.2 Å². The fourth-order valence-corrected chi connectivity index (χ4v) is 5.67. The molecule has 0 aromatic rings. The molecular formula is C20H32O3. The van der Waals surface area contributed by atoms with Gasteiger partial charge in [-0.1, -0.05) is 26.8 Å². The number of ether oxygens (including phenoxy) is 2. The van der Waals surface area contributed by atoms with E-state index in [0.29, 0.717) is 17.4 Å². The number of esters is 1. The van der Waals surface area contributed by atoms with Crippen molar-refractivity contribution in [1.82, 2.24) is 0 Å². The molecule has 4 aliphatic carbocycles. The Balaban J connectivity index is 1.79. The molecular weight excluding hydrogens is 288 g/mol. The zero-order valence-electron chi connectivity index (χ0n) is 15.0. The van der Waals surface area contributed by atoms with Gasteiger partial charge in [-0.15, -0.1) is 0 Å². The van der Waals surface area contributed by atoms with Crippen molar-refractivity contribution in [2.24, 2.45) is 17.8 Å². The fourth-order valence-electron chi connectivity index (χ4n) is 5.67. The van der Waals surface area contributed by atoms with Crippen LogP contribution in [0, 0.1) is 17.8 Å². The predicted octanol–water partition coefficient (Wildman–Crippen LogP) is 4.65. The molecule has 2 unspecified atom stereocenters. The zero-order chi connectivity index (χ0) is 16.7. The van der Waals surface area contributed by atoms with Gasteiger partial charge in [0.1, 0.15) is 5.60 Å². The summed E-state index contributed by atoms with van der Waals surface area (Å²) in [5.74, 6) is 1.48. The minimum absolute atomic E-state index is 0.0694. The van der Waals surface area contributed by atoms with E-state index in [1.54, 1.807) is 6.92 Å². The van der Waals surface area contributed by atoms with E-state index in [2.05, 4.69) is 20.4 Å². The minimum Gasteiger partial charge on any atom is -0.455 e. The van der Waals surface area contributed by atoms with Crippen LogP contribution >= 0.6 is 0 Å². The second kappa shape index (κ2) is 6.23. The maximum atomic E-state index is 12.2. The standard InChI is InChI=1S/C20H32O3/c1-5-7-8-22-19-11-15-9-16(12-19)20(6-2,17(10-15)13-19)23-18(21)14(3)4/h15-17H,3,5-13H2,1-2,4H3. The van der Waals surface area contributed by atoms with Crippen LogP contribution in [0.25, 0.3) is 0 Å². The average molecular weight is 320 g/mol. The molecule has 4 rings (SSSR count). The maximum Gasteiger partial charge on any atom is 0.333 e. The van der Waals surface area contributed by atoms with Crippen molar-refractivity contribution >= 4 is 5.97 Å². The van der Waals surface area contributed by atoms with Crippen LogP contribution in [0.4, 0.5) is 0 Å². The lowest BCUT2D eigenvalue weighted by atomic mass is 9.47. The van der Waals surface area contributed by atoms with Crippen LogP contribution in [-0.2, 0) is 14.3 Å². The van der Waals surface area contributed by atoms with Crippen molar-refractivity contribution in [1.29, 1.82) is 0 Å². The van der Waals surface area contributed by atoms with E-state index in [4.69, 9.17) is 9.47 Å². The second-order valence-electron chi connectivity index (χ2n) is 8.21. The van der Waals surface area contributed by atoms with Gasteiger partial charge in [0.25, 0.3) is 0 Å². The highest BCUT2D eigenvalue weighted by Gasteiger charge is 2.63. The van der Waals surface area contributed by atoms with E-state index >= 15 is 0 Å². The lowest BCUT2D eigenvalue weighted by Crippen LogP contribution is -2.65. The summed E-state index contributed by atoms with van der Waals surface area (Å²) < 4.78 is 12.5. The first-order valence-electron chi connectivity index (χ1n) is 9.47. The Kier molecular flexibility index (Phi) is 4.61. The summed E-state index contributed by atoms with van der Waals surface area (Å²) in [5.41, 5.74) is 0.311. The summed E-state index contributed by atoms with van der Waals surface area (Å²) in [6.45, 7) is 10.8. The van der Waals surface area contributed by atoms with E-state index in [-0.39, 0.29) is 17.2 Å². The van der Waals surface area contributed by atoms with Crippen LogP contribution in [0.3, 0.4) is 0 Å². The molecule has 0 N–H and O–H groups in total. The molecule has 23 heavy (non-hydrogen) atoms. The third-order valence-electron chi connectivity index (χ3n) is 6.61. The first kappa shape index (κ1) is 17.0. The number of hydrogen-bond donors (Lipinski definition) is 0. The Morgan fingerprint density at radius 1 is 1.17 bits per heavy atom. The van der Waals surface area contributed by atoms with Crippen LogP contribution in [0.5, 0.6) is 0 Å². The molecule has 4 fully saturated rings. The van der Waals surface area contributed by atoms with Gasteiger partial charge in [0.2, 0.25) is 0 Å². The van der Waals surface area contributed by atoms with Crippen molar-refractivity contribution in [2.45, 2.75) is 83.3 Å². The highest BCUT2D eigenvalue weighted by molar-refractivity contribution is 5.87. The van der Waals surface area contributed by atoms with Gasteiger partial charge in [-0.2, -0.15) is 0 Å². The minimum atomic E-state index is -0.273. The van der Waals surface area contributed by atoms with Crippen molar-refractivity contribution in [3.8, 4) is 0 Å². The van der Waals surface area contributed by atoms with E-state index in [0.717, 1.165) is 38.2 Å². The van der Waals surface area contributed by atoms with Gasteiger partial charge >= 0.3 is 5.97 Å². The summed E-state index contributed by atoms with van der Waals surface area (Å²) in [7, 11) is 0. The molecule has 0 saturated heterocycles. The monoisotopic (exact) mass is 320 g/mol. The molecule has 0 amide bonds. The summed E-state index contributed by atoms with van der Waals surface area (Å²) in [6, 6.07) is 0. The van der Waals surface area contributed by atoms with Gasteiger partial charge in [0, 0.05) is 24.0 Å². The Labute approximate surface area is 140 Å². The molecule has 0 spiro atoms. The lowest BCUT2D eigenvalue weighted by Gasteiger charge is -2.64. The van der Waals surface area contributed by atoms with E-state index in [1.807, 2.05) is 0 Å². The first-order chi connectivity index (χ1) is 10.9. The molecule has 2 atom stereocenters. The molecule has 0 aromatic carbocycles. The number of carbonyl (C=O) groups is 1. The number of unbranched alkanes of at least 4 members (excludes halogenated alkanes) is 1. The van der Waals surface area contributed by atoms with Gasteiger partial charge in [0.15, 0.2) is 0 Å². The third kappa shape index (κ3) is 2.86. The molecule has 4 aliphatic rings. The maximum absolute atomic E-state index is 12.2. The van der Waals surface area contributed by atoms with Gasteiger partial charge < -0.3 is 9.47 Å². The van der Waals surface area contributed by atoms with Gasteiger partial charge in [-0.05, 0) is 57.8 Å². The molecule has 3 nitrogen and oxygen atoms in total. The summed E-state index contributed by atoms with van der Waals surface area (Å²) in [4.78, 5) is 12.2. The first-order valence-corrected chi connectivity index (χ1v) is 9.47. The van der Waals surface area contributed by atoms with Gasteiger partial charge in [0.05, 0.1) is 5.60 Å². The van der Waals surface area contributed by atoms with Crippen LogP contribution < -0.4 is 0 Å². The SMILES string of the molecule is C=C(C)C(=O)OC1(CC)C2CC3CC1CC(OCCCC)(C3)C2. The quantitative estimate of drug-likeness (QED) is 0.389. The predicted molar refractivity (Wildman–Crippen MR) is 91.1 cm³/mol. The Hall–Kier alpha value is -0.830. The average Bonchev–Trinajstić information content (AvgIpc) is 2.50. The topological polar surface area (TPSA) is 35.5 Å². The molecule has 4 saturated carbocycles. The highest BCUT2D eigenvalue weighted by atomic mass is 16.6. The van der Waals surface area contributed by atoms with E-state index in [9.17, 15) is 4.79 Å². The Morgan fingerprint density at radius 3 is 2.35 bits per heavy atom. The van der Waals surface area contributed by atoms with Crippen LogP contribution in [-0.4, -0.2) is 23.8 Å². The smallest absolute Gasteiger partial charge is 0.333 e. The van der Waals surface area contributed by atoms with Crippen LogP contribution in [0.15, 0.2) is 12.2 Å². The number of rotatable bonds is 7. The van der Waals surface area contributed by atoms with Gasteiger partial charge in [-0.25, -0.2) is 4.79 Å². The number of hydrogen-bond acceptors (Lipinski definition) is 3. The Morgan fingerprint density at radius 2 is 1.83 bits per heavy atom. The van der Waals surface area contributed by atoms with Crippen LogP contribution in [0.1, 0.15) is 72.1 Å². The normalized spacial score (nSPS) is 41.1. The lowest BCUT2D eigenvalue weighted by molar-refractivity contribution is -0.252. The number of carbonyl (C=O) groups excluding carboxylic acids is 1. The van der Waals surface area contributed by atoms with E-state index < -0.39 is 0 Å². The molecule has 0 aromatic heterocycles.